The Morgan fingerprint density at radius 3 is 2.50 bits per heavy atom. The number of nitrogens with zero attached hydrogens (tertiary/aromatic N) is 1. The summed E-state index contributed by atoms with van der Waals surface area (Å²) in [6.45, 7) is 5.42. The van der Waals surface area contributed by atoms with Gasteiger partial charge in [-0.15, -0.1) is 11.3 Å². The molecule has 0 bridgehead atoms. The fourth-order valence-corrected chi connectivity index (χ4v) is 6.54. The first-order valence-corrected chi connectivity index (χ1v) is 9.80. The molecule has 1 aromatic rings. The molecule has 20 heavy (non-hydrogen) atoms. The van der Waals surface area contributed by atoms with Crippen molar-refractivity contribution in [1.82, 2.24) is 4.31 Å². The van der Waals surface area contributed by atoms with Crippen LogP contribution in [-0.4, -0.2) is 30.9 Å². The molecule has 0 spiro atoms. The van der Waals surface area contributed by atoms with Crippen molar-refractivity contribution in [3.63, 3.8) is 0 Å². The van der Waals surface area contributed by atoms with Crippen LogP contribution in [0.25, 0.3) is 0 Å². The number of piperidine rings is 1. The van der Waals surface area contributed by atoms with E-state index in [1.165, 1.54) is 11.3 Å². The van der Waals surface area contributed by atoms with Crippen molar-refractivity contribution in [2.24, 2.45) is 11.8 Å². The number of thiophene rings is 1. The van der Waals surface area contributed by atoms with Gasteiger partial charge >= 0.3 is 0 Å². The summed E-state index contributed by atoms with van der Waals surface area (Å²) in [6.07, 6.45) is 1.84. The highest BCUT2D eigenvalue weighted by Crippen LogP contribution is 2.35. The van der Waals surface area contributed by atoms with Crippen molar-refractivity contribution < 1.29 is 13.5 Å². The fraction of sp³-hybridized carbons (Fsp3) is 0.692. The molecule has 0 saturated carbocycles. The highest BCUT2D eigenvalue weighted by molar-refractivity contribution is 9.11. The Morgan fingerprint density at radius 2 is 2.05 bits per heavy atom. The highest BCUT2D eigenvalue weighted by Gasteiger charge is 2.32. The Balaban J connectivity index is 2.17. The predicted octanol–water partition coefficient (Wildman–Crippen LogP) is 3.06. The van der Waals surface area contributed by atoms with Crippen LogP contribution in [0.5, 0.6) is 0 Å². The zero-order valence-corrected chi connectivity index (χ0v) is 14.9. The van der Waals surface area contributed by atoms with Gasteiger partial charge in [0.2, 0.25) is 10.0 Å². The molecule has 0 unspecified atom stereocenters. The first-order valence-electron chi connectivity index (χ1n) is 6.75. The smallest absolute Gasteiger partial charge is 0.245 e. The van der Waals surface area contributed by atoms with E-state index in [1.54, 1.807) is 10.4 Å². The van der Waals surface area contributed by atoms with Gasteiger partial charge in [-0.25, -0.2) is 8.42 Å². The topological polar surface area (TPSA) is 57.6 Å². The minimum Gasteiger partial charge on any atom is -0.391 e. The highest BCUT2D eigenvalue weighted by atomic mass is 79.9. The minimum absolute atomic E-state index is 0.131. The SMILES string of the molecule is CC(C)C1CCN(S(=O)(=O)c2cc(CO)sc2Br)CC1. The summed E-state index contributed by atoms with van der Waals surface area (Å²) in [7, 11) is -3.45. The Labute approximate surface area is 133 Å². The monoisotopic (exact) mass is 381 g/mol. The third-order valence-corrected chi connectivity index (χ3v) is 8.06. The van der Waals surface area contributed by atoms with Crippen LogP contribution in [0.4, 0.5) is 0 Å². The lowest BCUT2D eigenvalue weighted by Gasteiger charge is -2.32. The summed E-state index contributed by atoms with van der Waals surface area (Å²) in [6, 6.07) is 1.57. The molecule has 1 N–H and O–H groups in total. The molecule has 2 rings (SSSR count). The number of aliphatic hydroxyl groups excluding tert-OH is 1. The summed E-state index contributed by atoms with van der Waals surface area (Å²) >= 11 is 4.57. The second-order valence-electron chi connectivity index (χ2n) is 5.49. The molecule has 1 saturated heterocycles. The fourth-order valence-electron chi connectivity index (χ4n) is 2.57. The lowest BCUT2D eigenvalue weighted by Crippen LogP contribution is -2.39. The second kappa shape index (κ2) is 6.44. The quantitative estimate of drug-likeness (QED) is 0.871. The van der Waals surface area contributed by atoms with Crippen LogP contribution in [0, 0.1) is 11.8 Å². The van der Waals surface area contributed by atoms with E-state index in [9.17, 15) is 8.42 Å². The molecule has 1 fully saturated rings. The van der Waals surface area contributed by atoms with Crippen molar-refractivity contribution in [1.29, 1.82) is 0 Å². The van der Waals surface area contributed by atoms with E-state index >= 15 is 0 Å². The molecule has 0 aliphatic carbocycles. The van der Waals surface area contributed by atoms with E-state index in [0.717, 1.165) is 12.8 Å². The molecular weight excluding hydrogens is 362 g/mol. The zero-order chi connectivity index (χ0) is 14.9. The Hall–Kier alpha value is 0.0500. The van der Waals surface area contributed by atoms with Crippen molar-refractivity contribution in [3.8, 4) is 0 Å². The van der Waals surface area contributed by atoms with Crippen LogP contribution in [0.3, 0.4) is 0 Å². The Morgan fingerprint density at radius 1 is 1.45 bits per heavy atom. The van der Waals surface area contributed by atoms with Gasteiger partial charge in [0.15, 0.2) is 0 Å². The van der Waals surface area contributed by atoms with Crippen molar-refractivity contribution in [3.05, 3.63) is 14.7 Å². The van der Waals surface area contributed by atoms with Crippen molar-refractivity contribution >= 4 is 37.3 Å². The molecule has 2 heterocycles. The largest absolute Gasteiger partial charge is 0.391 e. The molecule has 1 aliphatic rings. The van der Waals surface area contributed by atoms with Crippen LogP contribution in [-0.2, 0) is 16.6 Å². The van der Waals surface area contributed by atoms with E-state index in [-0.39, 0.29) is 11.5 Å². The van der Waals surface area contributed by atoms with Gasteiger partial charge < -0.3 is 5.11 Å². The van der Waals surface area contributed by atoms with E-state index in [1.807, 2.05) is 0 Å². The molecular formula is C13H20BrNO3S2. The molecule has 0 aromatic carbocycles. The summed E-state index contributed by atoms with van der Waals surface area (Å²) in [4.78, 5) is 0.946. The first kappa shape index (κ1) is 16.4. The number of sulfonamides is 1. The predicted molar refractivity (Wildman–Crippen MR) is 84.3 cm³/mol. The Kier molecular flexibility index (Phi) is 5.29. The van der Waals surface area contributed by atoms with Crippen LogP contribution >= 0.6 is 27.3 Å². The van der Waals surface area contributed by atoms with Gasteiger partial charge in [-0.2, -0.15) is 4.31 Å². The number of hydrogen-bond acceptors (Lipinski definition) is 4. The third kappa shape index (κ3) is 3.27. The Bertz CT molecular complexity index is 560. The van der Waals surface area contributed by atoms with Crippen molar-refractivity contribution in [2.75, 3.05) is 13.1 Å². The number of halogens is 1. The summed E-state index contributed by atoms with van der Waals surface area (Å²) in [5.41, 5.74) is 0. The standard InChI is InChI=1S/C13H20BrNO3S2/c1-9(2)10-3-5-15(6-4-10)20(17,18)12-7-11(8-16)19-13(12)14/h7,9-10,16H,3-6,8H2,1-2H3. The average molecular weight is 382 g/mol. The van der Waals surface area contributed by atoms with Gasteiger partial charge in [-0.05, 0) is 46.7 Å². The maximum Gasteiger partial charge on any atom is 0.245 e. The van der Waals surface area contributed by atoms with Gasteiger partial charge in [0, 0.05) is 18.0 Å². The lowest BCUT2D eigenvalue weighted by atomic mass is 9.87. The van der Waals surface area contributed by atoms with E-state index in [0.29, 0.717) is 33.6 Å². The molecule has 4 nitrogen and oxygen atoms in total. The number of hydrogen-bond donors (Lipinski definition) is 1. The zero-order valence-electron chi connectivity index (χ0n) is 11.7. The number of aliphatic hydroxyl groups is 1. The van der Waals surface area contributed by atoms with Crippen LogP contribution in [0.2, 0.25) is 0 Å². The van der Waals surface area contributed by atoms with E-state index in [4.69, 9.17) is 5.11 Å². The van der Waals surface area contributed by atoms with Gasteiger partial charge in [0.05, 0.1) is 10.4 Å². The lowest BCUT2D eigenvalue weighted by molar-refractivity contribution is 0.226. The third-order valence-electron chi connectivity index (χ3n) is 3.92. The van der Waals surface area contributed by atoms with Crippen LogP contribution < -0.4 is 0 Å². The normalized spacial score (nSPS) is 18.9. The molecule has 7 heteroatoms. The van der Waals surface area contributed by atoms with Crippen molar-refractivity contribution in [2.45, 2.75) is 38.2 Å². The first-order chi connectivity index (χ1) is 9.36. The molecule has 0 atom stereocenters. The van der Waals surface area contributed by atoms with Gasteiger partial charge in [0.25, 0.3) is 0 Å². The van der Waals surface area contributed by atoms with E-state index < -0.39 is 10.0 Å². The minimum atomic E-state index is -3.45. The average Bonchev–Trinajstić information content (AvgIpc) is 2.81. The van der Waals surface area contributed by atoms with Gasteiger partial charge in [-0.1, -0.05) is 13.8 Å². The van der Waals surface area contributed by atoms with Crippen LogP contribution in [0.1, 0.15) is 31.6 Å². The summed E-state index contributed by atoms with van der Waals surface area (Å²) in [5.74, 6) is 1.22. The maximum absolute atomic E-state index is 12.6. The van der Waals surface area contributed by atoms with E-state index in [2.05, 4.69) is 29.8 Å². The summed E-state index contributed by atoms with van der Waals surface area (Å²) < 4.78 is 27.4. The van der Waals surface area contributed by atoms with Crippen LogP contribution in [0.15, 0.2) is 14.7 Å². The molecule has 0 amide bonds. The molecule has 114 valence electrons. The second-order valence-corrected chi connectivity index (χ2v) is 9.86. The summed E-state index contributed by atoms with van der Waals surface area (Å²) in [5, 5.41) is 9.13. The molecule has 1 aliphatic heterocycles. The van der Waals surface area contributed by atoms with Gasteiger partial charge in [0.1, 0.15) is 4.90 Å². The molecule has 1 aromatic heterocycles. The van der Waals surface area contributed by atoms with Gasteiger partial charge in [-0.3, -0.25) is 0 Å². The number of rotatable bonds is 4. The maximum atomic E-state index is 12.6. The molecule has 0 radical (unpaired) electrons.